The fourth-order valence-corrected chi connectivity index (χ4v) is 3.90. The second-order valence-electron chi connectivity index (χ2n) is 8.00. The molecule has 2 aliphatic rings. The average Bonchev–Trinajstić information content (AvgIpc) is 3.19. The van der Waals surface area contributed by atoms with Crippen LogP contribution in [-0.2, 0) is 6.54 Å². The van der Waals surface area contributed by atoms with E-state index in [1.165, 1.54) is 12.8 Å². The normalized spacial score (nSPS) is 19.5. The Bertz CT molecular complexity index is 593. The summed E-state index contributed by atoms with van der Waals surface area (Å²) in [7, 11) is 1.83. The Labute approximate surface area is 186 Å². The zero-order valence-corrected chi connectivity index (χ0v) is 19.8. The van der Waals surface area contributed by atoms with Crippen molar-refractivity contribution in [3.63, 3.8) is 0 Å². The molecule has 6 nitrogen and oxygen atoms in total. The predicted octanol–water partition coefficient (Wildman–Crippen LogP) is 3.56. The van der Waals surface area contributed by atoms with Crippen LogP contribution in [0.3, 0.4) is 0 Å². The molecule has 158 valence electrons. The van der Waals surface area contributed by atoms with Crippen LogP contribution in [0.4, 0.5) is 0 Å². The van der Waals surface area contributed by atoms with Gasteiger partial charge in [0.25, 0.3) is 0 Å². The fraction of sp³-hybridized carbons (Fsp3) is 0.714. The SMILES string of the molecule is CN=C(NCc1ccc(OC2CCCC2)nc1)NC1CCN(C(C)C)CC1.I. The Morgan fingerprint density at radius 2 is 1.93 bits per heavy atom. The first-order valence-electron chi connectivity index (χ1n) is 10.5. The molecular weight excluding hydrogens is 465 g/mol. The number of hydrogen-bond acceptors (Lipinski definition) is 4. The van der Waals surface area contributed by atoms with E-state index >= 15 is 0 Å². The first kappa shape index (κ1) is 23.2. The summed E-state index contributed by atoms with van der Waals surface area (Å²) in [5.41, 5.74) is 1.13. The molecule has 0 aromatic carbocycles. The Morgan fingerprint density at radius 3 is 2.50 bits per heavy atom. The highest BCUT2D eigenvalue weighted by molar-refractivity contribution is 14.0. The van der Waals surface area contributed by atoms with Gasteiger partial charge in [-0.15, -0.1) is 24.0 Å². The minimum atomic E-state index is 0. The van der Waals surface area contributed by atoms with Crippen LogP contribution in [0.25, 0.3) is 0 Å². The smallest absolute Gasteiger partial charge is 0.213 e. The van der Waals surface area contributed by atoms with Gasteiger partial charge in [-0.3, -0.25) is 4.99 Å². The minimum Gasteiger partial charge on any atom is -0.474 e. The molecule has 0 unspecified atom stereocenters. The number of nitrogens with zero attached hydrogens (tertiary/aromatic N) is 3. The number of halogens is 1. The number of guanidine groups is 1. The quantitative estimate of drug-likeness (QED) is 0.355. The maximum atomic E-state index is 5.93. The number of likely N-dealkylation sites (tertiary alicyclic amines) is 1. The summed E-state index contributed by atoms with van der Waals surface area (Å²) in [6.07, 6.45) is 9.43. The number of pyridine rings is 1. The zero-order chi connectivity index (χ0) is 19.1. The molecule has 1 saturated carbocycles. The number of ether oxygens (including phenoxy) is 1. The lowest BCUT2D eigenvalue weighted by molar-refractivity contribution is 0.167. The molecule has 0 atom stereocenters. The van der Waals surface area contributed by atoms with Crippen molar-refractivity contribution in [2.24, 2.45) is 4.99 Å². The van der Waals surface area contributed by atoms with E-state index in [0.29, 0.717) is 24.7 Å². The van der Waals surface area contributed by atoms with Crippen molar-refractivity contribution in [1.82, 2.24) is 20.5 Å². The molecule has 2 fully saturated rings. The van der Waals surface area contributed by atoms with Crippen molar-refractivity contribution in [3.05, 3.63) is 23.9 Å². The van der Waals surface area contributed by atoms with E-state index in [1.54, 1.807) is 0 Å². The molecule has 1 saturated heterocycles. The van der Waals surface area contributed by atoms with Gasteiger partial charge in [0, 0.05) is 51.0 Å². The molecule has 2 N–H and O–H groups in total. The molecule has 1 aliphatic heterocycles. The summed E-state index contributed by atoms with van der Waals surface area (Å²) in [4.78, 5) is 11.4. The second kappa shape index (κ2) is 11.8. The van der Waals surface area contributed by atoms with Crippen LogP contribution in [0.2, 0.25) is 0 Å². The molecule has 7 heteroatoms. The molecule has 1 aromatic rings. The van der Waals surface area contributed by atoms with Crippen LogP contribution >= 0.6 is 24.0 Å². The zero-order valence-electron chi connectivity index (χ0n) is 17.5. The maximum absolute atomic E-state index is 5.93. The Hall–Kier alpha value is -1.09. The summed E-state index contributed by atoms with van der Waals surface area (Å²) in [5, 5.41) is 6.97. The van der Waals surface area contributed by atoms with Gasteiger partial charge in [-0.1, -0.05) is 6.07 Å². The van der Waals surface area contributed by atoms with Crippen LogP contribution in [0, 0.1) is 0 Å². The number of rotatable bonds is 6. The third-order valence-electron chi connectivity index (χ3n) is 5.67. The first-order chi connectivity index (χ1) is 13.1. The highest BCUT2D eigenvalue weighted by atomic mass is 127. The van der Waals surface area contributed by atoms with Gasteiger partial charge < -0.3 is 20.3 Å². The van der Waals surface area contributed by atoms with Crippen LogP contribution < -0.4 is 15.4 Å². The second-order valence-corrected chi connectivity index (χ2v) is 8.00. The van der Waals surface area contributed by atoms with E-state index < -0.39 is 0 Å². The van der Waals surface area contributed by atoms with E-state index in [-0.39, 0.29) is 24.0 Å². The van der Waals surface area contributed by atoms with Gasteiger partial charge in [-0.2, -0.15) is 0 Å². The fourth-order valence-electron chi connectivity index (χ4n) is 3.90. The van der Waals surface area contributed by atoms with Gasteiger partial charge in [-0.25, -0.2) is 4.98 Å². The summed E-state index contributed by atoms with van der Waals surface area (Å²) >= 11 is 0. The number of hydrogen-bond donors (Lipinski definition) is 2. The van der Waals surface area contributed by atoms with Gasteiger partial charge in [0.2, 0.25) is 5.88 Å². The van der Waals surface area contributed by atoms with E-state index in [2.05, 4.69) is 45.4 Å². The average molecular weight is 501 g/mol. The molecular formula is C21H36IN5O. The predicted molar refractivity (Wildman–Crippen MR) is 126 cm³/mol. The van der Waals surface area contributed by atoms with Gasteiger partial charge in [0.1, 0.15) is 6.10 Å². The van der Waals surface area contributed by atoms with E-state index in [4.69, 9.17) is 4.74 Å². The van der Waals surface area contributed by atoms with Gasteiger partial charge in [-0.05, 0) is 57.9 Å². The van der Waals surface area contributed by atoms with E-state index in [1.807, 2.05) is 19.3 Å². The van der Waals surface area contributed by atoms with Crippen molar-refractivity contribution in [3.8, 4) is 5.88 Å². The minimum absolute atomic E-state index is 0. The lowest BCUT2D eigenvalue weighted by atomic mass is 10.0. The Kier molecular flexibility index (Phi) is 9.77. The maximum Gasteiger partial charge on any atom is 0.213 e. The molecule has 1 aromatic heterocycles. The third kappa shape index (κ3) is 7.06. The molecule has 0 amide bonds. The summed E-state index contributed by atoms with van der Waals surface area (Å²) in [5.74, 6) is 1.61. The van der Waals surface area contributed by atoms with E-state index in [9.17, 15) is 0 Å². The number of aromatic nitrogens is 1. The van der Waals surface area contributed by atoms with Crippen LogP contribution in [0.1, 0.15) is 57.9 Å². The lowest BCUT2D eigenvalue weighted by Gasteiger charge is -2.35. The van der Waals surface area contributed by atoms with Crippen molar-refractivity contribution in [2.45, 2.75) is 77.1 Å². The Morgan fingerprint density at radius 1 is 1.21 bits per heavy atom. The van der Waals surface area contributed by atoms with Gasteiger partial charge in [0.15, 0.2) is 5.96 Å². The van der Waals surface area contributed by atoms with Crippen LogP contribution in [-0.4, -0.2) is 54.2 Å². The Balaban J connectivity index is 0.00000280. The van der Waals surface area contributed by atoms with Crippen molar-refractivity contribution >= 4 is 29.9 Å². The largest absolute Gasteiger partial charge is 0.474 e. The van der Waals surface area contributed by atoms with Crippen molar-refractivity contribution in [1.29, 1.82) is 0 Å². The third-order valence-corrected chi connectivity index (χ3v) is 5.67. The monoisotopic (exact) mass is 501 g/mol. The van der Waals surface area contributed by atoms with Crippen molar-refractivity contribution < 1.29 is 4.74 Å². The molecule has 2 heterocycles. The van der Waals surface area contributed by atoms with Gasteiger partial charge >= 0.3 is 0 Å². The molecule has 0 bridgehead atoms. The first-order valence-corrected chi connectivity index (χ1v) is 10.5. The number of piperidine rings is 1. The summed E-state index contributed by atoms with van der Waals surface area (Å²) in [6.45, 7) is 7.55. The number of aliphatic imine (C=N–C) groups is 1. The molecule has 3 rings (SSSR count). The van der Waals surface area contributed by atoms with Crippen LogP contribution in [0.15, 0.2) is 23.3 Å². The highest BCUT2D eigenvalue weighted by Gasteiger charge is 2.21. The topological polar surface area (TPSA) is 61.8 Å². The lowest BCUT2D eigenvalue weighted by Crippen LogP contribution is -2.49. The summed E-state index contributed by atoms with van der Waals surface area (Å²) < 4.78 is 5.93. The van der Waals surface area contributed by atoms with Crippen molar-refractivity contribution in [2.75, 3.05) is 20.1 Å². The molecule has 1 aliphatic carbocycles. The standard InChI is InChI=1S/C21H35N5O.HI/c1-16(2)26-12-10-18(11-13-26)25-21(22-3)24-15-17-8-9-20(23-14-17)27-19-6-4-5-7-19;/h8-9,14,16,18-19H,4-7,10-13,15H2,1-3H3,(H2,22,24,25);1H. The molecule has 0 spiro atoms. The van der Waals surface area contributed by atoms with Crippen LogP contribution in [0.5, 0.6) is 5.88 Å². The highest BCUT2D eigenvalue weighted by Crippen LogP contribution is 2.22. The summed E-state index contributed by atoms with van der Waals surface area (Å²) in [6, 6.07) is 5.19. The van der Waals surface area contributed by atoms with Gasteiger partial charge in [0.05, 0.1) is 0 Å². The molecule has 0 radical (unpaired) electrons. The molecule has 28 heavy (non-hydrogen) atoms. The van der Waals surface area contributed by atoms with E-state index in [0.717, 1.165) is 56.2 Å². The number of nitrogens with one attached hydrogen (secondary N) is 2.